The lowest BCUT2D eigenvalue weighted by Crippen LogP contribution is -2.56. The van der Waals surface area contributed by atoms with Crippen LogP contribution in [0.3, 0.4) is 0 Å². The second-order valence-corrected chi connectivity index (χ2v) is 12.2. The fourth-order valence-corrected chi connectivity index (χ4v) is 5.29. The highest BCUT2D eigenvalue weighted by Crippen LogP contribution is 2.23. The third-order valence-corrected chi connectivity index (χ3v) is 8.86. The van der Waals surface area contributed by atoms with Crippen molar-refractivity contribution >= 4 is 41.3 Å². The first-order valence-electron chi connectivity index (χ1n) is 15.7. The zero-order valence-electron chi connectivity index (χ0n) is 28.6. The van der Waals surface area contributed by atoms with E-state index in [0.717, 1.165) is 9.80 Å². The maximum atomic E-state index is 14.2. The summed E-state index contributed by atoms with van der Waals surface area (Å²) in [6.45, 7) is 11.4. The first kappa shape index (κ1) is 38.0. The molecule has 0 saturated carbocycles. The predicted octanol–water partition coefficient (Wildman–Crippen LogP) is 2.19. The number of esters is 3. The van der Waals surface area contributed by atoms with Crippen molar-refractivity contribution in [3.8, 4) is 0 Å². The van der Waals surface area contributed by atoms with Gasteiger partial charge < -0.3 is 34.6 Å². The SMILES string of the molecule is CC[C@@H](C)[C@H]1C(=O)O[C@H](Cc2ccc(N)cc2)C(=O)N(C)[C@@H]([C@H](C)CC)C(=O)O[C@H](C)C(=O)N(C)[C@@H](C)C(=O)O[C@H](C)C(=O)N1C. The van der Waals surface area contributed by atoms with Crippen LogP contribution in [0.15, 0.2) is 24.3 Å². The minimum absolute atomic E-state index is 0.0477. The van der Waals surface area contributed by atoms with E-state index in [9.17, 15) is 28.8 Å². The number of rotatable bonds is 6. The molecule has 3 amide bonds. The molecule has 256 valence electrons. The topological polar surface area (TPSA) is 166 Å². The number of hydrogen-bond acceptors (Lipinski definition) is 10. The van der Waals surface area contributed by atoms with Crippen LogP contribution in [0.25, 0.3) is 0 Å². The van der Waals surface area contributed by atoms with Gasteiger partial charge in [-0.15, -0.1) is 0 Å². The molecule has 0 unspecified atom stereocenters. The summed E-state index contributed by atoms with van der Waals surface area (Å²) in [6, 6.07) is 3.30. The van der Waals surface area contributed by atoms with Crippen molar-refractivity contribution in [3.05, 3.63) is 29.8 Å². The molecule has 13 heteroatoms. The van der Waals surface area contributed by atoms with Gasteiger partial charge in [-0.1, -0.05) is 52.7 Å². The Morgan fingerprint density at radius 1 is 0.652 bits per heavy atom. The van der Waals surface area contributed by atoms with E-state index >= 15 is 0 Å². The van der Waals surface area contributed by atoms with Crippen LogP contribution in [0.5, 0.6) is 0 Å². The molecule has 0 aliphatic carbocycles. The van der Waals surface area contributed by atoms with Crippen molar-refractivity contribution in [2.75, 3.05) is 26.9 Å². The van der Waals surface area contributed by atoms with Crippen molar-refractivity contribution < 1.29 is 43.0 Å². The summed E-state index contributed by atoms with van der Waals surface area (Å²) in [5, 5.41) is 0. The number of nitrogens with zero attached hydrogens (tertiary/aromatic N) is 3. The molecule has 8 atom stereocenters. The average Bonchev–Trinajstić information content (AvgIpc) is 3.02. The number of nitrogen functional groups attached to an aromatic ring is 1. The van der Waals surface area contributed by atoms with Crippen molar-refractivity contribution in [1.29, 1.82) is 0 Å². The van der Waals surface area contributed by atoms with E-state index in [-0.39, 0.29) is 6.42 Å². The normalized spacial score (nSPS) is 27.7. The van der Waals surface area contributed by atoms with E-state index in [0.29, 0.717) is 24.1 Å². The Kier molecular flexibility index (Phi) is 13.6. The molecule has 1 aromatic rings. The summed E-state index contributed by atoms with van der Waals surface area (Å²) >= 11 is 0. The molecule has 2 rings (SSSR count). The summed E-state index contributed by atoms with van der Waals surface area (Å²) in [4.78, 5) is 84.8. The third-order valence-electron chi connectivity index (χ3n) is 8.86. The Labute approximate surface area is 271 Å². The standard InChI is InChI=1S/C33H50N4O9/c1-11-18(3)26-32(42)45-21(6)28(38)35(8)20(5)31(41)44-22(7)29(39)36(9)27(19(4)12-2)33(43)46-25(30(40)37(26)10)17-23-13-15-24(34)16-14-23/h13-16,18-22,25-27H,11-12,17,34H2,1-10H3/t18-,19-,20+,21-,22-,25-,26+,27+/m1/s1. The summed E-state index contributed by atoms with van der Waals surface area (Å²) < 4.78 is 16.9. The number of carbonyl (C=O) groups excluding carboxylic acids is 6. The molecule has 13 nitrogen and oxygen atoms in total. The minimum atomic E-state index is -1.39. The number of hydrogen-bond donors (Lipinski definition) is 1. The van der Waals surface area contributed by atoms with Gasteiger partial charge in [-0.3, -0.25) is 14.4 Å². The molecule has 1 saturated heterocycles. The highest BCUT2D eigenvalue weighted by atomic mass is 16.6. The van der Waals surface area contributed by atoms with Crippen LogP contribution < -0.4 is 5.73 Å². The molecule has 0 bridgehead atoms. The lowest BCUT2D eigenvalue weighted by atomic mass is 9.96. The van der Waals surface area contributed by atoms with Crippen molar-refractivity contribution in [2.45, 2.75) is 104 Å². The highest BCUT2D eigenvalue weighted by Gasteiger charge is 2.42. The van der Waals surface area contributed by atoms with Crippen molar-refractivity contribution in [2.24, 2.45) is 11.8 Å². The molecular formula is C33H50N4O9. The van der Waals surface area contributed by atoms with Gasteiger partial charge in [0.2, 0.25) is 0 Å². The van der Waals surface area contributed by atoms with Gasteiger partial charge in [0.05, 0.1) is 0 Å². The maximum Gasteiger partial charge on any atom is 0.329 e. The van der Waals surface area contributed by atoms with E-state index in [1.807, 2.05) is 13.8 Å². The lowest BCUT2D eigenvalue weighted by Gasteiger charge is -2.36. The Balaban J connectivity index is 2.69. The Morgan fingerprint density at radius 3 is 1.54 bits per heavy atom. The average molecular weight is 647 g/mol. The summed E-state index contributed by atoms with van der Waals surface area (Å²) in [7, 11) is 4.18. The van der Waals surface area contributed by atoms with Gasteiger partial charge in [-0.25, -0.2) is 14.4 Å². The van der Waals surface area contributed by atoms with Crippen LogP contribution in [-0.4, -0.2) is 108 Å². The zero-order chi connectivity index (χ0) is 35.0. The highest BCUT2D eigenvalue weighted by molar-refractivity contribution is 5.93. The molecule has 1 aromatic carbocycles. The van der Waals surface area contributed by atoms with E-state index < -0.39 is 83.9 Å². The number of benzene rings is 1. The molecule has 46 heavy (non-hydrogen) atoms. The van der Waals surface area contributed by atoms with Gasteiger partial charge in [-0.05, 0) is 50.3 Å². The Morgan fingerprint density at radius 2 is 1.07 bits per heavy atom. The number of amides is 3. The second-order valence-electron chi connectivity index (χ2n) is 12.2. The van der Waals surface area contributed by atoms with E-state index in [4.69, 9.17) is 19.9 Å². The summed E-state index contributed by atoms with van der Waals surface area (Å²) in [5.41, 5.74) is 6.99. The van der Waals surface area contributed by atoms with Gasteiger partial charge in [0.25, 0.3) is 17.7 Å². The molecule has 1 aliphatic rings. The number of likely N-dealkylation sites (N-methyl/N-ethyl adjacent to an activating group) is 3. The van der Waals surface area contributed by atoms with Crippen LogP contribution in [0.2, 0.25) is 0 Å². The number of cyclic esters (lactones) is 3. The Hall–Kier alpha value is -4.16. The lowest BCUT2D eigenvalue weighted by molar-refractivity contribution is -0.177. The van der Waals surface area contributed by atoms with Gasteiger partial charge >= 0.3 is 17.9 Å². The molecule has 1 fully saturated rings. The van der Waals surface area contributed by atoms with E-state index in [2.05, 4.69) is 0 Å². The number of anilines is 1. The van der Waals surface area contributed by atoms with Gasteiger partial charge in [-0.2, -0.15) is 0 Å². The van der Waals surface area contributed by atoms with Crippen LogP contribution in [-0.2, 0) is 49.4 Å². The van der Waals surface area contributed by atoms with Crippen LogP contribution in [0, 0.1) is 11.8 Å². The van der Waals surface area contributed by atoms with Gasteiger partial charge in [0.1, 0.15) is 18.1 Å². The van der Waals surface area contributed by atoms with Crippen LogP contribution in [0.4, 0.5) is 5.69 Å². The van der Waals surface area contributed by atoms with Gasteiger partial charge in [0.15, 0.2) is 18.3 Å². The molecule has 0 spiro atoms. The quantitative estimate of drug-likeness (QED) is 0.275. The minimum Gasteiger partial charge on any atom is -0.451 e. The maximum absolute atomic E-state index is 14.2. The Bertz CT molecular complexity index is 1260. The molecule has 1 aliphatic heterocycles. The van der Waals surface area contributed by atoms with Gasteiger partial charge in [0, 0.05) is 33.3 Å². The number of carbonyl (C=O) groups is 6. The second kappa shape index (κ2) is 16.4. The molecule has 1 heterocycles. The molecule has 2 N–H and O–H groups in total. The summed E-state index contributed by atoms with van der Waals surface area (Å²) in [5.74, 6) is -5.36. The molecule has 0 radical (unpaired) electrons. The first-order chi connectivity index (χ1) is 21.5. The predicted molar refractivity (Wildman–Crippen MR) is 170 cm³/mol. The monoisotopic (exact) mass is 646 g/mol. The van der Waals surface area contributed by atoms with Crippen molar-refractivity contribution in [1.82, 2.24) is 14.7 Å². The molecule has 0 aromatic heterocycles. The van der Waals surface area contributed by atoms with Crippen molar-refractivity contribution in [3.63, 3.8) is 0 Å². The zero-order valence-corrected chi connectivity index (χ0v) is 28.6. The number of ether oxygens (including phenoxy) is 3. The van der Waals surface area contributed by atoms with E-state index in [1.54, 1.807) is 38.1 Å². The first-order valence-corrected chi connectivity index (χ1v) is 15.7. The number of nitrogens with two attached hydrogens (primary N) is 1. The largest absolute Gasteiger partial charge is 0.451 e. The third kappa shape index (κ3) is 8.97. The van der Waals surface area contributed by atoms with Crippen LogP contribution >= 0.6 is 0 Å². The molecular weight excluding hydrogens is 596 g/mol. The smallest absolute Gasteiger partial charge is 0.329 e. The fraction of sp³-hybridized carbons (Fsp3) is 0.636. The summed E-state index contributed by atoms with van der Waals surface area (Å²) in [6.07, 6.45) is -3.11. The van der Waals surface area contributed by atoms with E-state index in [1.165, 1.54) is 46.8 Å². The van der Waals surface area contributed by atoms with Crippen LogP contribution in [0.1, 0.15) is 66.9 Å². The fourth-order valence-electron chi connectivity index (χ4n) is 5.29.